The molecule has 2 aromatic carbocycles. The largest absolute Gasteiger partial charge is 0.461 e. The van der Waals surface area contributed by atoms with Gasteiger partial charge in [-0.1, -0.05) is 48.0 Å². The Hall–Kier alpha value is -2.53. The van der Waals surface area contributed by atoms with E-state index in [4.69, 9.17) is 4.74 Å². The highest BCUT2D eigenvalue weighted by Crippen LogP contribution is 2.36. The first-order valence-corrected chi connectivity index (χ1v) is 8.56. The molecule has 0 aromatic heterocycles. The van der Waals surface area contributed by atoms with Gasteiger partial charge in [0.25, 0.3) is 0 Å². The molecule has 0 bridgehead atoms. The number of hydrazone groups is 1. The lowest BCUT2D eigenvalue weighted by molar-refractivity contribution is -0.134. The SMILES string of the molecule is CCOC(=O)C1=NN(c2ccccc2)C(=Cc2ccc(C)cc2)S1. The highest BCUT2D eigenvalue weighted by Gasteiger charge is 2.28. The molecule has 0 amide bonds. The van der Waals surface area contributed by atoms with Gasteiger partial charge in [0, 0.05) is 0 Å². The van der Waals surface area contributed by atoms with E-state index in [1.54, 1.807) is 11.9 Å². The van der Waals surface area contributed by atoms with Gasteiger partial charge < -0.3 is 4.74 Å². The number of hydrogen-bond acceptors (Lipinski definition) is 5. The van der Waals surface area contributed by atoms with Crippen molar-refractivity contribution in [1.29, 1.82) is 0 Å². The minimum Gasteiger partial charge on any atom is -0.461 e. The fraction of sp³-hybridized carbons (Fsp3) is 0.158. The van der Waals surface area contributed by atoms with Crippen molar-refractivity contribution < 1.29 is 9.53 Å². The minimum atomic E-state index is -0.393. The van der Waals surface area contributed by atoms with Crippen molar-refractivity contribution in [1.82, 2.24) is 0 Å². The molecule has 0 saturated carbocycles. The van der Waals surface area contributed by atoms with Crippen molar-refractivity contribution in [2.24, 2.45) is 5.10 Å². The topological polar surface area (TPSA) is 41.9 Å². The summed E-state index contributed by atoms with van der Waals surface area (Å²) in [7, 11) is 0. The van der Waals surface area contributed by atoms with Gasteiger partial charge in [0.2, 0.25) is 5.04 Å². The summed E-state index contributed by atoms with van der Waals surface area (Å²) in [6.45, 7) is 4.18. The Labute approximate surface area is 145 Å². The lowest BCUT2D eigenvalue weighted by atomic mass is 10.1. The van der Waals surface area contributed by atoms with E-state index in [2.05, 4.69) is 36.3 Å². The molecule has 0 aliphatic carbocycles. The lowest BCUT2D eigenvalue weighted by Crippen LogP contribution is -2.13. The molecule has 1 heterocycles. The van der Waals surface area contributed by atoms with Gasteiger partial charge in [-0.3, -0.25) is 0 Å². The average Bonchev–Trinajstić information content (AvgIpc) is 3.02. The normalized spacial score (nSPS) is 15.5. The number of rotatable bonds is 4. The maximum atomic E-state index is 12.0. The average molecular weight is 338 g/mol. The number of hydrogen-bond donors (Lipinski definition) is 0. The molecule has 0 spiro atoms. The Morgan fingerprint density at radius 1 is 1.17 bits per heavy atom. The van der Waals surface area contributed by atoms with E-state index < -0.39 is 5.97 Å². The summed E-state index contributed by atoms with van der Waals surface area (Å²) in [4.78, 5) is 12.0. The van der Waals surface area contributed by atoms with Crippen molar-refractivity contribution in [3.05, 3.63) is 70.8 Å². The van der Waals surface area contributed by atoms with Gasteiger partial charge in [0.15, 0.2) is 0 Å². The van der Waals surface area contributed by atoms with Crippen LogP contribution in [0.3, 0.4) is 0 Å². The first-order chi connectivity index (χ1) is 11.7. The number of nitrogens with zero attached hydrogens (tertiary/aromatic N) is 2. The molecule has 24 heavy (non-hydrogen) atoms. The molecule has 1 aliphatic rings. The van der Waals surface area contributed by atoms with Crippen molar-refractivity contribution in [3.63, 3.8) is 0 Å². The number of para-hydroxylation sites is 1. The molecule has 4 nitrogen and oxygen atoms in total. The summed E-state index contributed by atoms with van der Waals surface area (Å²) in [6.07, 6.45) is 2.02. The van der Waals surface area contributed by atoms with E-state index in [1.165, 1.54) is 17.3 Å². The van der Waals surface area contributed by atoms with Crippen LogP contribution in [0, 0.1) is 6.92 Å². The standard InChI is InChI=1S/C19H18N2O2S/c1-3-23-19(22)18-20-21(16-7-5-4-6-8-16)17(24-18)13-15-11-9-14(2)10-12-15/h4-13H,3H2,1-2H3. The van der Waals surface area contributed by atoms with E-state index in [9.17, 15) is 4.79 Å². The number of benzene rings is 2. The summed E-state index contributed by atoms with van der Waals surface area (Å²) in [6, 6.07) is 18.0. The molecule has 1 aliphatic heterocycles. The summed E-state index contributed by atoms with van der Waals surface area (Å²) < 4.78 is 5.08. The molecule has 3 rings (SSSR count). The molecule has 2 aromatic rings. The molecular formula is C19H18N2O2S. The fourth-order valence-electron chi connectivity index (χ4n) is 2.23. The second kappa shape index (κ2) is 7.36. The Morgan fingerprint density at radius 3 is 2.54 bits per heavy atom. The Morgan fingerprint density at radius 2 is 1.88 bits per heavy atom. The molecule has 5 heteroatoms. The summed E-state index contributed by atoms with van der Waals surface area (Å²) in [5, 5.41) is 7.43. The van der Waals surface area contributed by atoms with Crippen LogP contribution in [-0.4, -0.2) is 17.6 Å². The van der Waals surface area contributed by atoms with Crippen molar-refractivity contribution >= 4 is 34.5 Å². The number of aryl methyl sites for hydroxylation is 1. The fourth-order valence-corrected chi connectivity index (χ4v) is 3.12. The molecule has 0 radical (unpaired) electrons. The van der Waals surface area contributed by atoms with Crippen LogP contribution >= 0.6 is 11.8 Å². The highest BCUT2D eigenvalue weighted by molar-refractivity contribution is 8.19. The Bertz CT molecular complexity index is 783. The number of carbonyl (C=O) groups excluding carboxylic acids is 1. The molecule has 0 atom stereocenters. The van der Waals surface area contributed by atoms with Crippen LogP contribution in [0.25, 0.3) is 6.08 Å². The van der Waals surface area contributed by atoms with Crippen LogP contribution in [0.15, 0.2) is 64.7 Å². The van der Waals surface area contributed by atoms with Gasteiger partial charge in [0.05, 0.1) is 12.3 Å². The van der Waals surface area contributed by atoms with Crippen LogP contribution in [-0.2, 0) is 9.53 Å². The Kier molecular flexibility index (Phi) is 5.01. The molecule has 0 unspecified atom stereocenters. The quantitative estimate of drug-likeness (QED) is 0.774. The highest BCUT2D eigenvalue weighted by atomic mass is 32.2. The number of esters is 1. The zero-order valence-corrected chi connectivity index (χ0v) is 14.4. The third kappa shape index (κ3) is 3.68. The van der Waals surface area contributed by atoms with Gasteiger partial charge in [0.1, 0.15) is 5.03 Å². The lowest BCUT2D eigenvalue weighted by Gasteiger charge is -2.15. The molecule has 0 saturated heterocycles. The van der Waals surface area contributed by atoms with E-state index in [-0.39, 0.29) is 0 Å². The number of anilines is 1. The van der Waals surface area contributed by atoms with E-state index in [0.29, 0.717) is 11.7 Å². The first kappa shape index (κ1) is 16.3. The summed E-state index contributed by atoms with van der Waals surface area (Å²) >= 11 is 1.32. The molecule has 0 fully saturated rings. The smallest absolute Gasteiger partial charge is 0.365 e. The van der Waals surface area contributed by atoms with Crippen molar-refractivity contribution in [3.8, 4) is 0 Å². The predicted molar refractivity (Wildman–Crippen MR) is 99.7 cm³/mol. The van der Waals surface area contributed by atoms with Crippen molar-refractivity contribution in [2.45, 2.75) is 13.8 Å². The monoisotopic (exact) mass is 338 g/mol. The summed E-state index contributed by atoms with van der Waals surface area (Å²) in [5.74, 6) is -0.393. The third-order valence-corrected chi connectivity index (χ3v) is 4.36. The van der Waals surface area contributed by atoms with Crippen LogP contribution in [0.4, 0.5) is 5.69 Å². The molecular weight excluding hydrogens is 320 g/mol. The van der Waals surface area contributed by atoms with Crippen LogP contribution in [0.5, 0.6) is 0 Å². The zero-order valence-electron chi connectivity index (χ0n) is 13.6. The third-order valence-electron chi connectivity index (χ3n) is 3.42. The van der Waals surface area contributed by atoms with E-state index in [1.807, 2.05) is 36.4 Å². The van der Waals surface area contributed by atoms with Crippen LogP contribution < -0.4 is 5.01 Å². The zero-order chi connectivity index (χ0) is 16.9. The maximum Gasteiger partial charge on any atom is 0.365 e. The first-order valence-electron chi connectivity index (χ1n) is 7.74. The minimum absolute atomic E-state index is 0.334. The second-order valence-electron chi connectivity index (χ2n) is 5.27. The van der Waals surface area contributed by atoms with Crippen LogP contribution in [0.1, 0.15) is 18.1 Å². The van der Waals surface area contributed by atoms with Gasteiger partial charge >= 0.3 is 5.97 Å². The van der Waals surface area contributed by atoms with Gasteiger partial charge in [-0.15, -0.1) is 0 Å². The van der Waals surface area contributed by atoms with Gasteiger partial charge in [-0.25, -0.2) is 9.80 Å². The molecule has 122 valence electrons. The van der Waals surface area contributed by atoms with Gasteiger partial charge in [-0.2, -0.15) is 5.10 Å². The van der Waals surface area contributed by atoms with E-state index in [0.717, 1.165) is 16.3 Å². The Balaban J connectivity index is 1.95. The van der Waals surface area contributed by atoms with E-state index >= 15 is 0 Å². The van der Waals surface area contributed by atoms with Gasteiger partial charge in [-0.05, 0) is 49.4 Å². The molecule has 0 N–H and O–H groups in total. The summed E-state index contributed by atoms with van der Waals surface area (Å²) in [5.41, 5.74) is 3.17. The number of thioether (sulfide) groups is 1. The number of carbonyl (C=O) groups is 1. The van der Waals surface area contributed by atoms with Crippen LogP contribution in [0.2, 0.25) is 0 Å². The predicted octanol–water partition coefficient (Wildman–Crippen LogP) is 4.42. The second-order valence-corrected chi connectivity index (χ2v) is 6.28. The van der Waals surface area contributed by atoms with Crippen molar-refractivity contribution in [2.75, 3.05) is 11.6 Å². The number of ether oxygens (including phenoxy) is 1. The maximum absolute atomic E-state index is 12.0.